The lowest BCUT2D eigenvalue weighted by Gasteiger charge is -2.37. The Labute approximate surface area is 197 Å². The molecule has 1 heterocycles. The first kappa shape index (κ1) is 25.9. The van der Waals surface area contributed by atoms with Gasteiger partial charge in [-0.25, -0.2) is 8.42 Å². The number of hydrogen-bond acceptors (Lipinski definition) is 8. The maximum absolute atomic E-state index is 12.0. The van der Waals surface area contributed by atoms with Gasteiger partial charge in [0.25, 0.3) is 0 Å². The minimum absolute atomic E-state index is 0.0171. The van der Waals surface area contributed by atoms with Crippen molar-refractivity contribution in [1.82, 2.24) is 4.90 Å². The van der Waals surface area contributed by atoms with E-state index in [4.69, 9.17) is 18.9 Å². The van der Waals surface area contributed by atoms with Gasteiger partial charge in [-0.05, 0) is 43.8 Å². The lowest BCUT2D eigenvalue weighted by atomic mass is 9.91. The number of esters is 1. The molecule has 9 heteroatoms. The summed E-state index contributed by atoms with van der Waals surface area (Å²) >= 11 is 0. The van der Waals surface area contributed by atoms with Crippen LogP contribution >= 0.6 is 0 Å². The van der Waals surface area contributed by atoms with Gasteiger partial charge in [-0.1, -0.05) is 25.5 Å². The zero-order valence-corrected chi connectivity index (χ0v) is 20.6. The van der Waals surface area contributed by atoms with Crippen molar-refractivity contribution in [3.63, 3.8) is 0 Å². The fourth-order valence-corrected chi connectivity index (χ4v) is 5.41. The van der Waals surface area contributed by atoms with Crippen molar-refractivity contribution in [3.8, 4) is 0 Å². The van der Waals surface area contributed by atoms with Crippen LogP contribution in [-0.4, -0.2) is 83.3 Å². The normalized spacial score (nSPS) is 28.7. The first-order valence-corrected chi connectivity index (χ1v) is 13.4. The number of carbonyl (C=O) groups is 1. The van der Waals surface area contributed by atoms with E-state index < -0.39 is 21.6 Å². The summed E-state index contributed by atoms with van der Waals surface area (Å²) in [5.41, 5.74) is 1.20. The van der Waals surface area contributed by atoms with Gasteiger partial charge in [0.2, 0.25) is 0 Å². The van der Waals surface area contributed by atoms with E-state index in [-0.39, 0.29) is 18.3 Å². The standard InChI is InChI=1S/C24H37NO7S/c1-4-33(27,28)17-24(26)32-19-11-13-25(16-19)20-7-5-6-8-21(20)31-14-12-18-9-10-22(29-2)23(15-18)30-3/h4,9,15,19-22H,1,5-8,10-14,16-17H2,2-3H3/t19-,20-,21-,22?/m1/s1. The first-order chi connectivity index (χ1) is 15.8. The van der Waals surface area contributed by atoms with Crippen LogP contribution in [0.25, 0.3) is 0 Å². The molecule has 0 bridgehead atoms. The Morgan fingerprint density at radius 2 is 2.03 bits per heavy atom. The molecule has 0 aromatic heterocycles. The SMILES string of the molecule is C=CS(=O)(=O)CC(=O)O[C@@H]1CCN([C@@H]2CCCC[C@H]2OCCC2=CCC(OC)C(OC)=C2)C1. The van der Waals surface area contributed by atoms with Crippen LogP contribution in [-0.2, 0) is 33.6 Å². The number of sulfone groups is 1. The highest BCUT2D eigenvalue weighted by Crippen LogP contribution is 2.30. The Kier molecular flexibility index (Phi) is 9.55. The van der Waals surface area contributed by atoms with Crippen LogP contribution < -0.4 is 0 Å². The minimum Gasteiger partial charge on any atom is -0.498 e. The van der Waals surface area contributed by atoms with Crippen molar-refractivity contribution >= 4 is 15.8 Å². The number of hydrogen-bond donors (Lipinski definition) is 0. The van der Waals surface area contributed by atoms with Crippen LogP contribution in [0.5, 0.6) is 0 Å². The van der Waals surface area contributed by atoms with Crippen LogP contribution in [0.2, 0.25) is 0 Å². The van der Waals surface area contributed by atoms with E-state index in [1.807, 2.05) is 6.08 Å². The summed E-state index contributed by atoms with van der Waals surface area (Å²) in [7, 11) is -0.241. The summed E-state index contributed by atoms with van der Waals surface area (Å²) in [6.07, 6.45) is 10.8. The molecule has 186 valence electrons. The highest BCUT2D eigenvalue weighted by molar-refractivity contribution is 7.94. The Bertz CT molecular complexity index is 851. The molecule has 1 aliphatic heterocycles. The molecule has 0 aromatic carbocycles. The average molecular weight is 484 g/mol. The van der Waals surface area contributed by atoms with E-state index in [0.29, 0.717) is 25.6 Å². The molecule has 3 rings (SSSR count). The summed E-state index contributed by atoms with van der Waals surface area (Å²) < 4.78 is 45.8. The molecule has 0 spiro atoms. The van der Waals surface area contributed by atoms with E-state index in [0.717, 1.165) is 56.2 Å². The zero-order chi connectivity index (χ0) is 23.8. The van der Waals surface area contributed by atoms with Gasteiger partial charge in [0, 0.05) is 31.6 Å². The maximum Gasteiger partial charge on any atom is 0.321 e. The monoisotopic (exact) mass is 483 g/mol. The zero-order valence-electron chi connectivity index (χ0n) is 19.7. The van der Waals surface area contributed by atoms with Crippen molar-refractivity contribution < 1.29 is 32.2 Å². The lowest BCUT2D eigenvalue weighted by molar-refractivity contribution is -0.145. The molecule has 0 aromatic rings. The van der Waals surface area contributed by atoms with Crippen molar-refractivity contribution in [2.24, 2.45) is 0 Å². The molecular weight excluding hydrogens is 446 g/mol. The topological polar surface area (TPSA) is 91.4 Å². The van der Waals surface area contributed by atoms with E-state index in [1.165, 1.54) is 5.57 Å². The van der Waals surface area contributed by atoms with Crippen LogP contribution in [0, 0.1) is 0 Å². The third-order valence-corrected chi connectivity index (χ3v) is 7.81. The molecule has 4 atom stereocenters. The minimum atomic E-state index is -3.60. The van der Waals surface area contributed by atoms with Crippen molar-refractivity contribution in [2.45, 2.75) is 69.3 Å². The highest BCUT2D eigenvalue weighted by Gasteiger charge is 2.36. The molecule has 8 nitrogen and oxygen atoms in total. The molecule has 0 N–H and O–H groups in total. The van der Waals surface area contributed by atoms with Gasteiger partial charge in [-0.3, -0.25) is 9.69 Å². The van der Waals surface area contributed by atoms with Crippen LogP contribution in [0.4, 0.5) is 0 Å². The van der Waals surface area contributed by atoms with Gasteiger partial charge in [-0.15, -0.1) is 0 Å². The quantitative estimate of drug-likeness (QED) is 0.414. The van der Waals surface area contributed by atoms with E-state index in [9.17, 15) is 13.2 Å². The number of methoxy groups -OCH3 is 2. The largest absolute Gasteiger partial charge is 0.498 e. The Morgan fingerprint density at radius 3 is 2.76 bits per heavy atom. The van der Waals surface area contributed by atoms with Crippen molar-refractivity contribution in [1.29, 1.82) is 0 Å². The number of carbonyl (C=O) groups excluding carboxylic acids is 1. The average Bonchev–Trinajstić information content (AvgIpc) is 3.26. The molecule has 1 unspecified atom stereocenters. The van der Waals surface area contributed by atoms with Gasteiger partial charge >= 0.3 is 5.97 Å². The third kappa shape index (κ3) is 7.40. The number of ether oxygens (including phenoxy) is 4. The summed E-state index contributed by atoms with van der Waals surface area (Å²) in [6, 6.07) is 0.294. The smallest absolute Gasteiger partial charge is 0.321 e. The molecule has 33 heavy (non-hydrogen) atoms. The van der Waals surface area contributed by atoms with Gasteiger partial charge < -0.3 is 18.9 Å². The number of nitrogens with zero attached hydrogens (tertiary/aromatic N) is 1. The number of rotatable bonds is 11. The van der Waals surface area contributed by atoms with Gasteiger partial charge in [0.05, 0.1) is 19.8 Å². The van der Waals surface area contributed by atoms with Crippen molar-refractivity contribution in [2.75, 3.05) is 39.7 Å². The van der Waals surface area contributed by atoms with Gasteiger partial charge in [0.1, 0.15) is 18.0 Å². The molecule has 0 amide bonds. The predicted octanol–water partition coefficient (Wildman–Crippen LogP) is 2.76. The maximum atomic E-state index is 12.0. The second-order valence-electron chi connectivity index (χ2n) is 8.87. The third-order valence-electron chi connectivity index (χ3n) is 6.67. The Balaban J connectivity index is 1.48. The van der Waals surface area contributed by atoms with Gasteiger partial charge in [-0.2, -0.15) is 0 Å². The second kappa shape index (κ2) is 12.1. The second-order valence-corrected chi connectivity index (χ2v) is 10.8. The van der Waals surface area contributed by atoms with Crippen molar-refractivity contribution in [3.05, 3.63) is 35.5 Å². The van der Waals surface area contributed by atoms with Gasteiger partial charge in [0.15, 0.2) is 15.6 Å². The molecule has 2 fully saturated rings. The Hall–Kier alpha value is -1.68. The fourth-order valence-electron chi connectivity index (χ4n) is 4.90. The molecule has 1 saturated heterocycles. The summed E-state index contributed by atoms with van der Waals surface area (Å²) in [5, 5.41) is 0.796. The Morgan fingerprint density at radius 1 is 1.24 bits per heavy atom. The fraction of sp³-hybridized carbons (Fsp3) is 0.708. The summed E-state index contributed by atoms with van der Waals surface area (Å²) in [4.78, 5) is 14.3. The van der Waals surface area contributed by atoms with E-state index in [1.54, 1.807) is 14.2 Å². The van der Waals surface area contributed by atoms with E-state index in [2.05, 4.69) is 17.6 Å². The molecule has 2 aliphatic carbocycles. The number of allylic oxidation sites excluding steroid dienone is 1. The number of likely N-dealkylation sites (tertiary alicyclic amines) is 1. The lowest BCUT2D eigenvalue weighted by Crippen LogP contribution is -2.46. The summed E-state index contributed by atoms with van der Waals surface area (Å²) in [6.45, 7) is 5.31. The highest BCUT2D eigenvalue weighted by atomic mass is 32.2. The molecular formula is C24H37NO7S. The van der Waals surface area contributed by atoms with E-state index >= 15 is 0 Å². The predicted molar refractivity (Wildman–Crippen MR) is 125 cm³/mol. The van der Waals surface area contributed by atoms with Crippen LogP contribution in [0.3, 0.4) is 0 Å². The van der Waals surface area contributed by atoms with Crippen LogP contribution in [0.1, 0.15) is 44.9 Å². The molecule has 1 saturated carbocycles. The molecule has 0 radical (unpaired) electrons. The summed E-state index contributed by atoms with van der Waals surface area (Å²) in [5.74, 6) is -0.509. The first-order valence-electron chi connectivity index (χ1n) is 11.7. The van der Waals surface area contributed by atoms with Crippen LogP contribution in [0.15, 0.2) is 35.5 Å². The molecule has 3 aliphatic rings.